The van der Waals surface area contributed by atoms with Gasteiger partial charge in [-0.25, -0.2) is 0 Å². The number of halogens is 1. The van der Waals surface area contributed by atoms with Crippen molar-refractivity contribution >= 4 is 11.6 Å². The Balaban J connectivity index is 1.56. The van der Waals surface area contributed by atoms with Crippen molar-refractivity contribution in [1.29, 1.82) is 10.5 Å². The van der Waals surface area contributed by atoms with Crippen LogP contribution in [-0.4, -0.2) is 13.9 Å². The Morgan fingerprint density at radius 1 is 1.06 bits per heavy atom. The lowest BCUT2D eigenvalue weighted by Gasteiger charge is -2.27. The molecule has 2 aliphatic heterocycles. The largest absolute Gasteiger partial charge is 0.493 e. The van der Waals surface area contributed by atoms with Gasteiger partial charge < -0.3 is 29.4 Å². The number of hydrogen-bond donors (Lipinski definition) is 1. The summed E-state index contributed by atoms with van der Waals surface area (Å²) in [6, 6.07) is 18.3. The maximum atomic E-state index is 9.88. The Hall–Kier alpha value is -4.53. The van der Waals surface area contributed by atoms with E-state index in [1.165, 1.54) is 7.11 Å². The zero-order chi connectivity index (χ0) is 24.5. The van der Waals surface area contributed by atoms with Crippen LogP contribution in [0, 0.1) is 22.7 Å². The third-order valence-electron chi connectivity index (χ3n) is 5.81. The SMILES string of the molecule is COc1cc([C@@H]2C(C#N)=C(N)Oc3cc4c(cc32)OCO4)cc(Cl)c1OCc1ccccc1C#N. The summed E-state index contributed by atoms with van der Waals surface area (Å²) in [6.07, 6.45) is 0. The fourth-order valence-corrected chi connectivity index (χ4v) is 4.42. The predicted molar refractivity (Wildman–Crippen MR) is 125 cm³/mol. The number of benzene rings is 3. The molecule has 0 saturated carbocycles. The summed E-state index contributed by atoms with van der Waals surface area (Å²) in [5, 5.41) is 19.5. The summed E-state index contributed by atoms with van der Waals surface area (Å²) in [4.78, 5) is 0. The molecule has 0 radical (unpaired) electrons. The molecule has 2 N–H and O–H groups in total. The predicted octanol–water partition coefficient (Wildman–Crippen LogP) is 4.75. The van der Waals surface area contributed by atoms with Gasteiger partial charge in [0.15, 0.2) is 23.0 Å². The smallest absolute Gasteiger partial charge is 0.231 e. The van der Waals surface area contributed by atoms with Crippen LogP contribution in [0.3, 0.4) is 0 Å². The van der Waals surface area contributed by atoms with Gasteiger partial charge in [-0.2, -0.15) is 10.5 Å². The quantitative estimate of drug-likeness (QED) is 0.547. The Labute approximate surface area is 206 Å². The van der Waals surface area contributed by atoms with Crippen LogP contribution in [0.25, 0.3) is 0 Å². The van der Waals surface area contributed by atoms with Gasteiger partial charge in [-0.15, -0.1) is 0 Å². The van der Waals surface area contributed by atoms with E-state index in [1.54, 1.807) is 36.4 Å². The number of fused-ring (bicyclic) bond motifs is 2. The van der Waals surface area contributed by atoms with Crippen molar-refractivity contribution in [3.8, 4) is 40.9 Å². The Morgan fingerprint density at radius 3 is 2.57 bits per heavy atom. The number of methoxy groups -OCH3 is 1. The summed E-state index contributed by atoms with van der Waals surface area (Å²) in [5.74, 6) is 1.63. The van der Waals surface area contributed by atoms with Gasteiger partial charge in [0.25, 0.3) is 0 Å². The third-order valence-corrected chi connectivity index (χ3v) is 6.09. The number of allylic oxidation sites excluding steroid dienone is 1. The standard InChI is InChI=1S/C26H18ClN3O5/c1-31-23-7-16(6-19(27)25(23)32-12-15-5-3-2-4-14(15)10-28)24-17-8-21-22(34-13-33-21)9-20(17)35-26(30)18(24)11-29/h2-9,24H,12-13,30H2,1H3/t24-/m0/s1. The second-order valence-electron chi connectivity index (χ2n) is 7.76. The summed E-state index contributed by atoms with van der Waals surface area (Å²) in [6.45, 7) is 0.219. The first-order valence-electron chi connectivity index (χ1n) is 10.5. The number of ether oxygens (including phenoxy) is 5. The Kier molecular flexibility index (Phi) is 5.74. The van der Waals surface area contributed by atoms with Gasteiger partial charge in [-0.05, 0) is 29.8 Å². The minimum absolute atomic E-state index is 0.00704. The molecule has 0 bridgehead atoms. The monoisotopic (exact) mass is 487 g/mol. The number of nitrogens with two attached hydrogens (primary N) is 1. The van der Waals surface area contributed by atoms with Gasteiger partial charge >= 0.3 is 0 Å². The molecule has 0 unspecified atom stereocenters. The highest BCUT2D eigenvalue weighted by Gasteiger charge is 2.34. The summed E-state index contributed by atoms with van der Waals surface area (Å²) >= 11 is 6.64. The highest BCUT2D eigenvalue weighted by atomic mass is 35.5. The molecule has 0 amide bonds. The second-order valence-corrected chi connectivity index (χ2v) is 8.17. The van der Waals surface area contributed by atoms with E-state index >= 15 is 0 Å². The molecule has 1 atom stereocenters. The number of nitrogens with zero attached hydrogens (tertiary/aromatic N) is 2. The lowest BCUT2D eigenvalue weighted by atomic mass is 9.83. The molecule has 5 rings (SSSR count). The molecule has 0 aliphatic carbocycles. The molecule has 0 saturated heterocycles. The zero-order valence-corrected chi connectivity index (χ0v) is 19.3. The van der Waals surface area contributed by atoms with Gasteiger partial charge in [0.2, 0.25) is 12.7 Å². The van der Waals surface area contributed by atoms with Gasteiger partial charge in [-0.3, -0.25) is 0 Å². The van der Waals surface area contributed by atoms with Crippen LogP contribution in [0.1, 0.15) is 28.2 Å². The molecule has 0 fully saturated rings. The highest BCUT2D eigenvalue weighted by Crippen LogP contribution is 2.50. The minimum atomic E-state index is -0.585. The normalized spacial score (nSPS) is 15.5. The summed E-state index contributed by atoms with van der Waals surface area (Å²) < 4.78 is 28.2. The van der Waals surface area contributed by atoms with Crippen molar-refractivity contribution in [3.63, 3.8) is 0 Å². The van der Waals surface area contributed by atoms with E-state index in [-0.39, 0.29) is 29.9 Å². The van der Waals surface area contributed by atoms with E-state index in [1.807, 2.05) is 12.1 Å². The maximum absolute atomic E-state index is 9.88. The number of rotatable bonds is 5. The molecule has 35 heavy (non-hydrogen) atoms. The average Bonchev–Trinajstić information content (AvgIpc) is 3.33. The maximum Gasteiger partial charge on any atom is 0.231 e. The number of hydrogen-bond acceptors (Lipinski definition) is 8. The lowest BCUT2D eigenvalue weighted by molar-refractivity contribution is 0.174. The molecule has 3 aromatic carbocycles. The van der Waals surface area contributed by atoms with E-state index in [9.17, 15) is 10.5 Å². The first-order valence-corrected chi connectivity index (χ1v) is 10.9. The lowest BCUT2D eigenvalue weighted by Crippen LogP contribution is -2.21. The second kappa shape index (κ2) is 9.02. The van der Waals surface area contributed by atoms with E-state index in [0.29, 0.717) is 51.0 Å². The topological polar surface area (TPSA) is 120 Å². The average molecular weight is 488 g/mol. The van der Waals surface area contributed by atoms with Crippen LogP contribution >= 0.6 is 11.6 Å². The van der Waals surface area contributed by atoms with Gasteiger partial charge in [0, 0.05) is 17.2 Å². The summed E-state index contributed by atoms with van der Waals surface area (Å²) in [7, 11) is 1.50. The minimum Gasteiger partial charge on any atom is -0.493 e. The van der Waals surface area contributed by atoms with Crippen LogP contribution < -0.4 is 29.4 Å². The molecule has 0 spiro atoms. The van der Waals surface area contributed by atoms with Crippen molar-refractivity contribution in [2.45, 2.75) is 12.5 Å². The van der Waals surface area contributed by atoms with Gasteiger partial charge in [0.05, 0.1) is 29.7 Å². The van der Waals surface area contributed by atoms with E-state index in [2.05, 4.69) is 12.1 Å². The highest BCUT2D eigenvalue weighted by molar-refractivity contribution is 6.32. The molecule has 2 aliphatic rings. The summed E-state index contributed by atoms with van der Waals surface area (Å²) in [5.41, 5.74) is 8.89. The van der Waals surface area contributed by atoms with Crippen molar-refractivity contribution < 1.29 is 23.7 Å². The number of nitriles is 2. The molecule has 8 nitrogen and oxygen atoms in total. The molecule has 3 aromatic rings. The molecule has 9 heteroatoms. The van der Waals surface area contributed by atoms with Crippen LogP contribution in [0.2, 0.25) is 5.02 Å². The van der Waals surface area contributed by atoms with Crippen molar-refractivity contribution in [1.82, 2.24) is 0 Å². The molecule has 174 valence electrons. The van der Waals surface area contributed by atoms with Crippen molar-refractivity contribution in [3.05, 3.63) is 87.3 Å². The third kappa shape index (κ3) is 3.90. The molecule has 2 heterocycles. The van der Waals surface area contributed by atoms with E-state index in [4.69, 9.17) is 41.0 Å². The van der Waals surface area contributed by atoms with Crippen molar-refractivity contribution in [2.24, 2.45) is 5.73 Å². The van der Waals surface area contributed by atoms with E-state index < -0.39 is 5.92 Å². The van der Waals surface area contributed by atoms with Gasteiger partial charge in [0.1, 0.15) is 24.0 Å². The van der Waals surface area contributed by atoms with Crippen LogP contribution in [0.5, 0.6) is 28.7 Å². The molecular weight excluding hydrogens is 470 g/mol. The first-order chi connectivity index (χ1) is 17.0. The van der Waals surface area contributed by atoms with Crippen molar-refractivity contribution in [2.75, 3.05) is 13.9 Å². The zero-order valence-electron chi connectivity index (χ0n) is 18.5. The Bertz CT molecular complexity index is 1450. The van der Waals surface area contributed by atoms with Crippen LogP contribution in [0.4, 0.5) is 0 Å². The molecular formula is C26H18ClN3O5. The molecule has 0 aromatic heterocycles. The van der Waals surface area contributed by atoms with Gasteiger partial charge in [-0.1, -0.05) is 29.8 Å². The fourth-order valence-electron chi connectivity index (χ4n) is 4.14. The Morgan fingerprint density at radius 2 is 1.83 bits per heavy atom. The van der Waals surface area contributed by atoms with Crippen LogP contribution in [-0.2, 0) is 6.61 Å². The van der Waals surface area contributed by atoms with E-state index in [0.717, 1.165) is 0 Å². The fraction of sp³-hybridized carbons (Fsp3) is 0.154. The first kappa shape index (κ1) is 22.3. The van der Waals surface area contributed by atoms with Crippen LogP contribution in [0.15, 0.2) is 60.0 Å².